The molecule has 2 aliphatic rings. The third kappa shape index (κ3) is 7.77. The van der Waals surface area contributed by atoms with Crippen LogP contribution in [-0.4, -0.2) is 106 Å². The van der Waals surface area contributed by atoms with Gasteiger partial charge in [0.2, 0.25) is 0 Å². The van der Waals surface area contributed by atoms with Gasteiger partial charge in [0.05, 0.1) is 24.3 Å². The van der Waals surface area contributed by atoms with Crippen molar-refractivity contribution in [2.75, 3.05) is 71.9 Å². The fourth-order valence-electron chi connectivity index (χ4n) is 4.93. The molecule has 0 saturated carbocycles. The number of aliphatic imine (C=N–C) groups is 1. The molecule has 2 aliphatic heterocycles. The molecule has 43 heavy (non-hydrogen) atoms. The molecule has 0 amide bonds. The van der Waals surface area contributed by atoms with E-state index < -0.39 is 15.7 Å². The number of ether oxygens (including phenoxy) is 1. The molecule has 0 unspecified atom stereocenters. The summed E-state index contributed by atoms with van der Waals surface area (Å²) in [4.78, 5) is 15.1. The molecule has 230 valence electrons. The van der Waals surface area contributed by atoms with Crippen LogP contribution in [0.1, 0.15) is 11.3 Å². The Hall–Kier alpha value is -3.39. The molecule has 0 bridgehead atoms. The molecule has 10 nitrogen and oxygen atoms in total. The van der Waals surface area contributed by atoms with Crippen molar-refractivity contribution in [3.05, 3.63) is 83.3 Å². The van der Waals surface area contributed by atoms with Gasteiger partial charge in [-0.25, -0.2) is 17.8 Å². The van der Waals surface area contributed by atoms with Crippen molar-refractivity contribution in [2.45, 2.75) is 22.5 Å². The van der Waals surface area contributed by atoms with E-state index in [0.717, 1.165) is 72.4 Å². The highest BCUT2D eigenvalue weighted by Crippen LogP contribution is 2.32. The summed E-state index contributed by atoms with van der Waals surface area (Å²) >= 11 is 1.45. The van der Waals surface area contributed by atoms with E-state index in [2.05, 4.69) is 39.0 Å². The second kappa shape index (κ2) is 13.5. The second-order valence-electron chi connectivity index (χ2n) is 10.9. The maximum absolute atomic E-state index is 13.3. The van der Waals surface area contributed by atoms with Crippen LogP contribution >= 0.6 is 11.8 Å². The summed E-state index contributed by atoms with van der Waals surface area (Å²) in [5, 5.41) is 8.21. The Balaban J connectivity index is 1.36. The lowest BCUT2D eigenvalue weighted by Gasteiger charge is -2.39. The normalized spacial score (nSPS) is 16.7. The number of halogens is 1. The number of sulfone groups is 1. The summed E-state index contributed by atoms with van der Waals surface area (Å²) in [5.74, 6) is 1.72. The van der Waals surface area contributed by atoms with Gasteiger partial charge in [-0.05, 0) is 63.0 Å². The molecule has 0 aliphatic carbocycles. The van der Waals surface area contributed by atoms with Crippen molar-refractivity contribution in [3.8, 4) is 0 Å². The quantitative estimate of drug-likeness (QED) is 0.360. The average molecular weight is 628 g/mol. The Labute approximate surface area is 257 Å². The molecule has 0 atom stereocenters. The van der Waals surface area contributed by atoms with Gasteiger partial charge in [-0.2, -0.15) is 5.10 Å². The maximum Gasteiger partial charge on any atom is 0.182 e. The topological polar surface area (TPSA) is 97.4 Å². The van der Waals surface area contributed by atoms with Crippen LogP contribution < -0.4 is 4.90 Å². The number of hydrogen-bond acceptors (Lipinski definition) is 10. The standard InChI is InChI=1S/C30H38FN7O3S2/c1-22-19-28(34-33-22)38-20-27(41-4)29(37-17-15-36(16-18-37)14-13-35(2)3)32-30(38)42-25-9-11-26(12-10-25)43(39,40)21-23-5-7-24(31)8-6-23/h5-12,19H,13-18,20-21H2,1-4H3,(H,33,34). The Kier molecular flexibility index (Phi) is 9.75. The number of thioether (sulfide) groups is 1. The number of piperazine rings is 1. The van der Waals surface area contributed by atoms with E-state index in [4.69, 9.17) is 9.73 Å². The van der Waals surface area contributed by atoms with Gasteiger partial charge in [-0.1, -0.05) is 23.9 Å². The van der Waals surface area contributed by atoms with Crippen LogP contribution in [0.2, 0.25) is 0 Å². The van der Waals surface area contributed by atoms with Crippen molar-refractivity contribution in [2.24, 2.45) is 4.99 Å². The highest BCUT2D eigenvalue weighted by Gasteiger charge is 2.31. The predicted octanol–water partition coefficient (Wildman–Crippen LogP) is 3.79. The van der Waals surface area contributed by atoms with Crippen LogP contribution in [0.15, 0.2) is 81.0 Å². The van der Waals surface area contributed by atoms with Crippen LogP contribution in [-0.2, 0) is 20.3 Å². The molecular formula is C30H38FN7O3S2. The van der Waals surface area contributed by atoms with Gasteiger partial charge >= 0.3 is 0 Å². The number of hydrogen-bond donors (Lipinski definition) is 1. The Morgan fingerprint density at radius 1 is 1.05 bits per heavy atom. The number of aromatic amines is 1. The minimum atomic E-state index is -3.60. The number of anilines is 1. The second-order valence-corrected chi connectivity index (χ2v) is 14.0. The van der Waals surface area contributed by atoms with Crippen molar-refractivity contribution in [3.63, 3.8) is 0 Å². The zero-order valence-corrected chi connectivity index (χ0v) is 26.6. The van der Waals surface area contributed by atoms with Gasteiger partial charge in [-0.3, -0.25) is 14.9 Å². The number of likely N-dealkylation sites (N-methyl/N-ethyl adjacent to an activating group) is 1. The molecule has 0 radical (unpaired) electrons. The zero-order chi connectivity index (χ0) is 30.6. The van der Waals surface area contributed by atoms with Gasteiger partial charge in [0, 0.05) is 55.9 Å². The van der Waals surface area contributed by atoms with E-state index >= 15 is 0 Å². The zero-order valence-electron chi connectivity index (χ0n) is 25.0. The summed E-state index contributed by atoms with van der Waals surface area (Å²) in [6.45, 7) is 8.05. The number of aryl methyl sites for hydroxylation is 1. The molecule has 1 fully saturated rings. The largest absolute Gasteiger partial charge is 0.495 e. The molecule has 3 aromatic rings. The van der Waals surface area contributed by atoms with Crippen molar-refractivity contribution < 1.29 is 17.5 Å². The highest BCUT2D eigenvalue weighted by molar-refractivity contribution is 8.14. The smallest absolute Gasteiger partial charge is 0.182 e. The fourth-order valence-corrected chi connectivity index (χ4v) is 7.16. The van der Waals surface area contributed by atoms with Crippen LogP contribution in [0.3, 0.4) is 0 Å². The number of H-pyrrole nitrogens is 1. The number of nitrogens with one attached hydrogen (secondary N) is 1. The summed E-state index contributed by atoms with van der Waals surface area (Å²) in [6, 6.07) is 14.3. The molecule has 2 aromatic carbocycles. The van der Waals surface area contributed by atoms with E-state index in [-0.39, 0.29) is 10.6 Å². The first-order valence-corrected chi connectivity index (χ1v) is 16.6. The minimum absolute atomic E-state index is 0.199. The van der Waals surface area contributed by atoms with Gasteiger partial charge in [0.1, 0.15) is 5.82 Å². The number of amidine groups is 1. The molecule has 13 heteroatoms. The number of benzene rings is 2. The van der Waals surface area contributed by atoms with Gasteiger partial charge in [-0.15, -0.1) is 0 Å². The van der Waals surface area contributed by atoms with Gasteiger partial charge in [0.25, 0.3) is 0 Å². The maximum atomic E-state index is 13.3. The lowest BCUT2D eigenvalue weighted by molar-refractivity contribution is 0.140. The van der Waals surface area contributed by atoms with Gasteiger partial charge < -0.3 is 14.5 Å². The van der Waals surface area contributed by atoms with Gasteiger partial charge in [0.15, 0.2) is 32.4 Å². The summed E-state index contributed by atoms with van der Waals surface area (Å²) in [5.41, 5.74) is 1.46. The first-order valence-electron chi connectivity index (χ1n) is 14.1. The van der Waals surface area contributed by atoms with E-state index in [9.17, 15) is 12.8 Å². The molecule has 1 aromatic heterocycles. The van der Waals surface area contributed by atoms with Crippen molar-refractivity contribution in [1.29, 1.82) is 0 Å². The Morgan fingerprint density at radius 3 is 2.35 bits per heavy atom. The molecule has 1 N–H and O–H groups in total. The Bertz CT molecular complexity index is 1560. The summed E-state index contributed by atoms with van der Waals surface area (Å²) in [7, 11) is 2.26. The fraction of sp³-hybridized carbons (Fsp3) is 0.400. The lowest BCUT2D eigenvalue weighted by Crippen LogP contribution is -2.48. The summed E-state index contributed by atoms with van der Waals surface area (Å²) < 4.78 is 45.2. The van der Waals surface area contributed by atoms with E-state index in [1.165, 1.54) is 36.0 Å². The monoisotopic (exact) mass is 627 g/mol. The molecule has 1 saturated heterocycles. The van der Waals surface area contributed by atoms with Crippen LogP contribution in [0.25, 0.3) is 0 Å². The average Bonchev–Trinajstić information content (AvgIpc) is 3.43. The first-order chi connectivity index (χ1) is 20.6. The van der Waals surface area contributed by atoms with Crippen LogP contribution in [0, 0.1) is 12.7 Å². The molecule has 5 rings (SSSR count). The van der Waals surface area contributed by atoms with Crippen LogP contribution in [0.4, 0.5) is 10.2 Å². The molecule has 3 heterocycles. The minimum Gasteiger partial charge on any atom is -0.495 e. The SMILES string of the molecule is COC1=C(N2CCN(CCN(C)C)CC2)N=C(Sc2ccc(S(=O)(=O)Cc3ccc(F)cc3)cc2)N(c2cc(C)[nH]n2)C1. The van der Waals surface area contributed by atoms with Crippen LogP contribution in [0.5, 0.6) is 0 Å². The number of methoxy groups -OCH3 is 1. The van der Waals surface area contributed by atoms with E-state index in [0.29, 0.717) is 12.1 Å². The summed E-state index contributed by atoms with van der Waals surface area (Å²) in [6.07, 6.45) is 0. The lowest BCUT2D eigenvalue weighted by atomic mass is 10.2. The van der Waals surface area contributed by atoms with Crippen molar-refractivity contribution in [1.82, 2.24) is 24.9 Å². The third-order valence-corrected chi connectivity index (χ3v) is 10.1. The first kappa shape index (κ1) is 31.0. The number of rotatable bonds is 10. The van der Waals surface area contributed by atoms with Crippen molar-refractivity contribution >= 4 is 32.6 Å². The van der Waals surface area contributed by atoms with E-state index in [1.54, 1.807) is 31.4 Å². The number of nitrogens with zero attached hydrogens (tertiary/aromatic N) is 6. The highest BCUT2D eigenvalue weighted by atomic mass is 32.2. The Morgan fingerprint density at radius 2 is 1.74 bits per heavy atom. The number of aromatic nitrogens is 2. The predicted molar refractivity (Wildman–Crippen MR) is 168 cm³/mol. The molecular weight excluding hydrogens is 590 g/mol. The molecule has 0 spiro atoms. The third-order valence-electron chi connectivity index (χ3n) is 7.40. The van der Waals surface area contributed by atoms with E-state index in [1.807, 2.05) is 17.9 Å².